The molecule has 0 unspecified atom stereocenters. The Bertz CT molecular complexity index is 970. The molecule has 7 nitrogen and oxygen atoms in total. The van der Waals surface area contributed by atoms with Gasteiger partial charge >= 0.3 is 11.8 Å². The molecule has 0 saturated carbocycles. The Labute approximate surface area is 196 Å². The summed E-state index contributed by atoms with van der Waals surface area (Å²) >= 11 is 0. The van der Waals surface area contributed by atoms with E-state index in [1.165, 1.54) is 23.2 Å². The number of hydrogen-bond donors (Lipinski definition) is 2. The van der Waals surface area contributed by atoms with Gasteiger partial charge in [0, 0.05) is 31.5 Å². The predicted octanol–water partition coefficient (Wildman–Crippen LogP) is 3.36. The van der Waals surface area contributed by atoms with Gasteiger partial charge in [-0.2, -0.15) is 0 Å². The topological polar surface area (TPSA) is 73.9 Å². The van der Waals surface area contributed by atoms with Gasteiger partial charge in [0.15, 0.2) is 0 Å². The van der Waals surface area contributed by atoms with E-state index in [4.69, 9.17) is 4.74 Å². The van der Waals surface area contributed by atoms with Gasteiger partial charge < -0.3 is 20.3 Å². The molecule has 2 aliphatic heterocycles. The minimum Gasteiger partial charge on any atom is -0.494 e. The first-order valence-electron chi connectivity index (χ1n) is 11.9. The van der Waals surface area contributed by atoms with Gasteiger partial charge in [-0.1, -0.05) is 18.6 Å². The van der Waals surface area contributed by atoms with Crippen molar-refractivity contribution in [2.45, 2.75) is 38.6 Å². The summed E-state index contributed by atoms with van der Waals surface area (Å²) in [5.74, 6) is -0.552. The minimum absolute atomic E-state index is 0.0590. The van der Waals surface area contributed by atoms with Crippen molar-refractivity contribution in [3.05, 3.63) is 53.6 Å². The van der Waals surface area contributed by atoms with Crippen LogP contribution in [0.3, 0.4) is 0 Å². The standard InChI is InChI=1S/C26H34N4O3/c1-3-33-22-10-8-21(9-11-22)28-26(32)25(31)27-18-24(30-14-5-4-6-15-30)19-7-12-23-20(17-19)13-16-29(23)2/h7-12,17,24H,3-6,13-16,18H2,1-2H3,(H,27,31)(H,28,32)/t24-/m1/s1. The molecule has 0 radical (unpaired) electrons. The number of fused-ring (bicyclic) bond motifs is 1. The summed E-state index contributed by atoms with van der Waals surface area (Å²) in [6, 6.07) is 13.7. The number of likely N-dealkylation sites (N-methyl/N-ethyl adjacent to an activating group) is 1. The van der Waals surface area contributed by atoms with Crippen LogP contribution < -0.4 is 20.3 Å². The maximum atomic E-state index is 12.6. The van der Waals surface area contributed by atoms with Gasteiger partial charge in [0.05, 0.1) is 12.6 Å². The first-order chi connectivity index (χ1) is 16.0. The van der Waals surface area contributed by atoms with Gasteiger partial charge in [-0.05, 0) is 80.7 Å². The van der Waals surface area contributed by atoms with Crippen molar-refractivity contribution in [1.82, 2.24) is 10.2 Å². The lowest BCUT2D eigenvalue weighted by Gasteiger charge is -2.35. The number of nitrogens with zero attached hydrogens (tertiary/aromatic N) is 2. The molecule has 2 heterocycles. The molecule has 1 atom stereocenters. The van der Waals surface area contributed by atoms with E-state index in [0.29, 0.717) is 18.8 Å². The van der Waals surface area contributed by atoms with E-state index in [0.717, 1.165) is 44.6 Å². The molecule has 0 aromatic heterocycles. The van der Waals surface area contributed by atoms with Crippen LogP contribution in [0.15, 0.2) is 42.5 Å². The van der Waals surface area contributed by atoms with Crippen molar-refractivity contribution in [3.8, 4) is 5.75 Å². The predicted molar refractivity (Wildman–Crippen MR) is 131 cm³/mol. The van der Waals surface area contributed by atoms with E-state index in [1.54, 1.807) is 24.3 Å². The van der Waals surface area contributed by atoms with Crippen molar-refractivity contribution in [3.63, 3.8) is 0 Å². The highest BCUT2D eigenvalue weighted by atomic mass is 16.5. The maximum absolute atomic E-state index is 12.6. The molecule has 7 heteroatoms. The normalized spacial score (nSPS) is 16.7. The fourth-order valence-corrected chi connectivity index (χ4v) is 4.74. The summed E-state index contributed by atoms with van der Waals surface area (Å²) < 4.78 is 5.41. The first kappa shape index (κ1) is 23.1. The Kier molecular flexibility index (Phi) is 7.50. The average Bonchev–Trinajstić information content (AvgIpc) is 3.21. The third-order valence-corrected chi connectivity index (χ3v) is 6.53. The van der Waals surface area contributed by atoms with Crippen LogP contribution in [0.4, 0.5) is 11.4 Å². The van der Waals surface area contributed by atoms with Gasteiger partial charge in [0.1, 0.15) is 5.75 Å². The van der Waals surface area contributed by atoms with Crippen LogP contribution in [0.1, 0.15) is 43.4 Å². The number of carbonyl (C=O) groups is 2. The Hall–Kier alpha value is -3.06. The molecule has 0 aliphatic carbocycles. The van der Waals surface area contributed by atoms with Gasteiger partial charge in [-0.15, -0.1) is 0 Å². The number of likely N-dealkylation sites (tertiary alicyclic amines) is 1. The van der Waals surface area contributed by atoms with Gasteiger partial charge in [0.2, 0.25) is 0 Å². The van der Waals surface area contributed by atoms with Crippen LogP contribution in [-0.4, -0.2) is 56.5 Å². The molecule has 2 aliphatic rings. The van der Waals surface area contributed by atoms with Crippen molar-refractivity contribution in [1.29, 1.82) is 0 Å². The van der Waals surface area contributed by atoms with E-state index in [1.807, 2.05) is 6.92 Å². The smallest absolute Gasteiger partial charge is 0.313 e. The number of hydrogen-bond acceptors (Lipinski definition) is 5. The number of rotatable bonds is 7. The Morgan fingerprint density at radius 3 is 2.48 bits per heavy atom. The van der Waals surface area contributed by atoms with Crippen LogP contribution >= 0.6 is 0 Å². The van der Waals surface area contributed by atoms with Crippen molar-refractivity contribution in [2.75, 3.05) is 50.1 Å². The first-order valence-corrected chi connectivity index (χ1v) is 11.9. The van der Waals surface area contributed by atoms with Crippen LogP contribution in [0.25, 0.3) is 0 Å². The second-order valence-corrected chi connectivity index (χ2v) is 8.79. The largest absolute Gasteiger partial charge is 0.494 e. The molecule has 1 fully saturated rings. The molecule has 2 aromatic rings. The summed E-state index contributed by atoms with van der Waals surface area (Å²) in [5.41, 5.74) is 4.42. The Morgan fingerprint density at radius 2 is 1.76 bits per heavy atom. The number of anilines is 2. The molecular weight excluding hydrogens is 416 g/mol. The second kappa shape index (κ2) is 10.7. The molecule has 2 aromatic carbocycles. The van der Waals surface area contributed by atoms with Crippen LogP contribution in [0, 0.1) is 0 Å². The SMILES string of the molecule is CCOc1ccc(NC(=O)C(=O)NC[C@H](c2ccc3c(c2)CCN3C)N2CCCCC2)cc1. The molecule has 2 amide bonds. The molecule has 176 valence electrons. The minimum atomic E-state index is -0.660. The highest BCUT2D eigenvalue weighted by molar-refractivity contribution is 6.39. The lowest BCUT2D eigenvalue weighted by molar-refractivity contribution is -0.136. The molecule has 0 spiro atoms. The third-order valence-electron chi connectivity index (χ3n) is 6.53. The highest BCUT2D eigenvalue weighted by Gasteiger charge is 2.26. The summed E-state index contributed by atoms with van der Waals surface area (Å²) in [6.07, 6.45) is 4.62. The fraction of sp³-hybridized carbons (Fsp3) is 0.462. The summed E-state index contributed by atoms with van der Waals surface area (Å²) in [5, 5.41) is 5.55. The Balaban J connectivity index is 1.41. The molecule has 4 rings (SSSR count). The number of nitrogens with one attached hydrogen (secondary N) is 2. The van der Waals surface area contributed by atoms with Crippen molar-refractivity contribution in [2.24, 2.45) is 0 Å². The van der Waals surface area contributed by atoms with Gasteiger partial charge in [-0.25, -0.2) is 0 Å². The third kappa shape index (κ3) is 5.66. The van der Waals surface area contributed by atoms with E-state index < -0.39 is 11.8 Å². The van der Waals surface area contributed by atoms with E-state index >= 15 is 0 Å². The fourth-order valence-electron chi connectivity index (χ4n) is 4.74. The number of piperidine rings is 1. The maximum Gasteiger partial charge on any atom is 0.313 e. The monoisotopic (exact) mass is 450 g/mol. The zero-order chi connectivity index (χ0) is 23.2. The van der Waals surface area contributed by atoms with Crippen LogP contribution in [-0.2, 0) is 16.0 Å². The van der Waals surface area contributed by atoms with E-state index in [2.05, 4.69) is 45.7 Å². The van der Waals surface area contributed by atoms with Crippen LogP contribution in [0.2, 0.25) is 0 Å². The second-order valence-electron chi connectivity index (χ2n) is 8.79. The molecule has 2 N–H and O–H groups in total. The van der Waals surface area contributed by atoms with E-state index in [-0.39, 0.29) is 6.04 Å². The van der Waals surface area contributed by atoms with Crippen molar-refractivity contribution < 1.29 is 14.3 Å². The number of ether oxygens (including phenoxy) is 1. The van der Waals surface area contributed by atoms with Crippen molar-refractivity contribution >= 4 is 23.2 Å². The summed E-state index contributed by atoms with van der Waals surface area (Å²) in [4.78, 5) is 29.8. The van der Waals surface area contributed by atoms with E-state index in [9.17, 15) is 9.59 Å². The van der Waals surface area contributed by atoms with Crippen LogP contribution in [0.5, 0.6) is 5.75 Å². The summed E-state index contributed by atoms with van der Waals surface area (Å²) in [6.45, 7) is 5.96. The highest BCUT2D eigenvalue weighted by Crippen LogP contribution is 2.32. The zero-order valence-corrected chi connectivity index (χ0v) is 19.6. The number of carbonyl (C=O) groups excluding carboxylic acids is 2. The lowest BCUT2D eigenvalue weighted by atomic mass is 9.98. The Morgan fingerprint density at radius 1 is 1.00 bits per heavy atom. The molecule has 33 heavy (non-hydrogen) atoms. The number of amides is 2. The molecular formula is C26H34N4O3. The molecule has 0 bridgehead atoms. The molecule has 1 saturated heterocycles. The summed E-state index contributed by atoms with van der Waals surface area (Å²) in [7, 11) is 2.12. The van der Waals surface area contributed by atoms with Gasteiger partial charge in [-0.3, -0.25) is 14.5 Å². The quantitative estimate of drug-likeness (QED) is 0.633. The number of benzene rings is 2. The van der Waals surface area contributed by atoms with Gasteiger partial charge in [0.25, 0.3) is 0 Å². The average molecular weight is 451 g/mol. The zero-order valence-electron chi connectivity index (χ0n) is 19.6. The lowest BCUT2D eigenvalue weighted by Crippen LogP contribution is -2.43.